The summed E-state index contributed by atoms with van der Waals surface area (Å²) in [6.07, 6.45) is 9.43. The lowest BCUT2D eigenvalue weighted by Crippen LogP contribution is -2.46. The second-order valence-electron chi connectivity index (χ2n) is 5.68. The molecule has 0 spiro atoms. The monoisotopic (exact) mass is 254 g/mol. The van der Waals surface area contributed by atoms with Crippen LogP contribution in [0.5, 0.6) is 0 Å². The minimum absolute atomic E-state index is 0.171. The normalized spacial score (nSPS) is 18.6. The summed E-state index contributed by atoms with van der Waals surface area (Å²) < 4.78 is 0. The van der Waals surface area contributed by atoms with E-state index >= 15 is 0 Å². The first-order valence-electron chi connectivity index (χ1n) is 7.73. The van der Waals surface area contributed by atoms with Crippen molar-refractivity contribution in [2.24, 2.45) is 11.7 Å². The third-order valence-corrected chi connectivity index (χ3v) is 3.93. The van der Waals surface area contributed by atoms with Crippen molar-refractivity contribution in [3.8, 4) is 0 Å². The van der Waals surface area contributed by atoms with Gasteiger partial charge in [-0.25, -0.2) is 0 Å². The fourth-order valence-corrected chi connectivity index (χ4v) is 2.91. The molecule has 2 N–H and O–H groups in total. The Balaban J connectivity index is 2.48. The van der Waals surface area contributed by atoms with Crippen molar-refractivity contribution in [2.45, 2.75) is 71.3 Å². The summed E-state index contributed by atoms with van der Waals surface area (Å²) in [5, 5.41) is 0. The highest BCUT2D eigenvalue weighted by Gasteiger charge is 2.23. The summed E-state index contributed by atoms with van der Waals surface area (Å²) in [4.78, 5) is 14.3. The molecule has 1 amide bonds. The molecule has 1 aliphatic carbocycles. The highest BCUT2D eigenvalue weighted by atomic mass is 16.2. The van der Waals surface area contributed by atoms with E-state index in [4.69, 9.17) is 5.73 Å². The number of nitrogens with two attached hydrogens (primary N) is 1. The van der Waals surface area contributed by atoms with Crippen molar-refractivity contribution < 1.29 is 4.79 Å². The molecule has 0 saturated heterocycles. The van der Waals surface area contributed by atoms with E-state index in [9.17, 15) is 4.79 Å². The van der Waals surface area contributed by atoms with Gasteiger partial charge in [0.1, 0.15) is 0 Å². The molecule has 3 heteroatoms. The number of nitrogens with zero attached hydrogens (tertiary/aromatic N) is 1. The average Bonchev–Trinajstić information content (AvgIpc) is 2.39. The van der Waals surface area contributed by atoms with Crippen LogP contribution >= 0.6 is 0 Å². The molecular weight excluding hydrogens is 224 g/mol. The van der Waals surface area contributed by atoms with Crippen LogP contribution in [0.2, 0.25) is 0 Å². The Morgan fingerprint density at radius 3 is 2.44 bits per heavy atom. The van der Waals surface area contributed by atoms with Gasteiger partial charge in [0.2, 0.25) is 5.91 Å². The molecule has 1 fully saturated rings. The van der Waals surface area contributed by atoms with E-state index in [0.29, 0.717) is 5.92 Å². The number of amides is 1. The Hall–Kier alpha value is -0.570. The van der Waals surface area contributed by atoms with Gasteiger partial charge < -0.3 is 10.6 Å². The van der Waals surface area contributed by atoms with Gasteiger partial charge in [0.25, 0.3) is 0 Å². The molecule has 1 rings (SSSR count). The molecule has 106 valence electrons. The van der Waals surface area contributed by atoms with Crippen molar-refractivity contribution in [1.82, 2.24) is 4.90 Å². The minimum atomic E-state index is -0.287. The van der Waals surface area contributed by atoms with Gasteiger partial charge in [0.05, 0.1) is 6.04 Å². The Bertz CT molecular complexity index is 237. The fraction of sp³-hybridized carbons (Fsp3) is 0.933. The van der Waals surface area contributed by atoms with Gasteiger partial charge in [0.15, 0.2) is 0 Å². The number of carbonyl (C=O) groups excluding carboxylic acids is 1. The van der Waals surface area contributed by atoms with Crippen LogP contribution in [0.15, 0.2) is 0 Å². The smallest absolute Gasteiger partial charge is 0.239 e. The van der Waals surface area contributed by atoms with E-state index in [-0.39, 0.29) is 11.9 Å². The largest absolute Gasteiger partial charge is 0.341 e. The van der Waals surface area contributed by atoms with E-state index < -0.39 is 0 Å². The van der Waals surface area contributed by atoms with Crippen LogP contribution in [-0.2, 0) is 4.79 Å². The van der Waals surface area contributed by atoms with Crippen molar-refractivity contribution in [3.63, 3.8) is 0 Å². The van der Waals surface area contributed by atoms with Crippen molar-refractivity contribution >= 4 is 5.91 Å². The van der Waals surface area contributed by atoms with E-state index in [2.05, 4.69) is 13.8 Å². The first-order valence-corrected chi connectivity index (χ1v) is 7.73. The maximum absolute atomic E-state index is 12.3. The number of hydrogen-bond acceptors (Lipinski definition) is 2. The maximum Gasteiger partial charge on any atom is 0.239 e. The predicted octanol–water partition coefficient (Wildman–Crippen LogP) is 2.93. The summed E-state index contributed by atoms with van der Waals surface area (Å²) >= 11 is 0. The molecule has 1 atom stereocenters. The number of carbonyl (C=O) groups is 1. The first kappa shape index (κ1) is 15.5. The van der Waals surface area contributed by atoms with Crippen LogP contribution in [0.3, 0.4) is 0 Å². The molecule has 0 bridgehead atoms. The Labute approximate surface area is 112 Å². The summed E-state index contributed by atoms with van der Waals surface area (Å²) in [5.41, 5.74) is 5.97. The van der Waals surface area contributed by atoms with Crippen molar-refractivity contribution in [2.75, 3.05) is 13.1 Å². The number of rotatable bonds is 7. The Kier molecular flexibility index (Phi) is 7.33. The van der Waals surface area contributed by atoms with Crippen LogP contribution in [0.4, 0.5) is 0 Å². The first-order chi connectivity index (χ1) is 8.69. The molecule has 1 saturated carbocycles. The third kappa shape index (κ3) is 4.97. The van der Waals surface area contributed by atoms with E-state index in [1.807, 2.05) is 4.90 Å². The van der Waals surface area contributed by atoms with Gasteiger partial charge in [-0.2, -0.15) is 0 Å². The van der Waals surface area contributed by atoms with Crippen molar-refractivity contribution in [3.05, 3.63) is 0 Å². The lowest BCUT2D eigenvalue weighted by Gasteiger charge is -2.31. The lowest BCUT2D eigenvalue weighted by atomic mass is 9.88. The van der Waals surface area contributed by atoms with E-state index in [0.717, 1.165) is 32.4 Å². The standard InChI is InChI=1S/C15H30N2O/c1-3-8-14(16)15(18)17(11-4-2)12-13-9-6-5-7-10-13/h13-14H,3-12,16H2,1-2H3. The SMILES string of the molecule is CCCC(N)C(=O)N(CCC)CC1CCCCC1. The maximum atomic E-state index is 12.3. The topological polar surface area (TPSA) is 46.3 Å². The predicted molar refractivity (Wildman–Crippen MR) is 76.3 cm³/mol. The summed E-state index contributed by atoms with van der Waals surface area (Å²) in [5.74, 6) is 0.882. The third-order valence-electron chi connectivity index (χ3n) is 3.93. The highest BCUT2D eigenvalue weighted by molar-refractivity contribution is 5.81. The average molecular weight is 254 g/mol. The van der Waals surface area contributed by atoms with Gasteiger partial charge in [-0.3, -0.25) is 4.79 Å². The van der Waals surface area contributed by atoms with Gasteiger partial charge in [0, 0.05) is 13.1 Å². The van der Waals surface area contributed by atoms with Gasteiger partial charge in [-0.05, 0) is 31.6 Å². The molecule has 0 aromatic rings. The lowest BCUT2D eigenvalue weighted by molar-refractivity contribution is -0.133. The molecule has 0 aromatic carbocycles. The van der Waals surface area contributed by atoms with E-state index in [1.54, 1.807) is 0 Å². The zero-order valence-electron chi connectivity index (χ0n) is 12.2. The Morgan fingerprint density at radius 2 is 1.89 bits per heavy atom. The van der Waals surface area contributed by atoms with Crippen LogP contribution in [0.25, 0.3) is 0 Å². The van der Waals surface area contributed by atoms with Crippen LogP contribution < -0.4 is 5.73 Å². The second kappa shape index (κ2) is 8.52. The van der Waals surface area contributed by atoms with Gasteiger partial charge >= 0.3 is 0 Å². The van der Waals surface area contributed by atoms with E-state index in [1.165, 1.54) is 32.1 Å². The molecule has 3 nitrogen and oxygen atoms in total. The van der Waals surface area contributed by atoms with Crippen LogP contribution in [0.1, 0.15) is 65.2 Å². The summed E-state index contributed by atoms with van der Waals surface area (Å²) in [7, 11) is 0. The zero-order chi connectivity index (χ0) is 13.4. The molecule has 0 heterocycles. The minimum Gasteiger partial charge on any atom is -0.341 e. The molecule has 0 aliphatic heterocycles. The Morgan fingerprint density at radius 1 is 1.22 bits per heavy atom. The summed E-state index contributed by atoms with van der Waals surface area (Å²) in [6, 6.07) is -0.287. The number of hydrogen-bond donors (Lipinski definition) is 1. The molecule has 1 aliphatic rings. The fourth-order valence-electron chi connectivity index (χ4n) is 2.91. The quantitative estimate of drug-likeness (QED) is 0.759. The molecular formula is C15H30N2O. The van der Waals surface area contributed by atoms with Crippen LogP contribution in [0, 0.1) is 5.92 Å². The molecule has 18 heavy (non-hydrogen) atoms. The van der Waals surface area contributed by atoms with Gasteiger partial charge in [-0.15, -0.1) is 0 Å². The highest BCUT2D eigenvalue weighted by Crippen LogP contribution is 2.24. The van der Waals surface area contributed by atoms with Crippen molar-refractivity contribution in [1.29, 1.82) is 0 Å². The summed E-state index contributed by atoms with van der Waals surface area (Å²) in [6.45, 7) is 6.02. The van der Waals surface area contributed by atoms with Crippen LogP contribution in [-0.4, -0.2) is 29.9 Å². The van der Waals surface area contributed by atoms with Gasteiger partial charge in [-0.1, -0.05) is 39.5 Å². The second-order valence-corrected chi connectivity index (χ2v) is 5.68. The molecule has 0 radical (unpaired) electrons. The molecule has 1 unspecified atom stereocenters. The molecule has 0 aromatic heterocycles. The zero-order valence-corrected chi connectivity index (χ0v) is 12.2.